The summed E-state index contributed by atoms with van der Waals surface area (Å²) in [4.78, 5) is 11.5. The van der Waals surface area contributed by atoms with Crippen LogP contribution in [0, 0.1) is 0 Å². The zero-order chi connectivity index (χ0) is 24.2. The molecule has 3 aromatic carbocycles. The van der Waals surface area contributed by atoms with E-state index in [1.54, 1.807) is 30.3 Å². The van der Waals surface area contributed by atoms with E-state index < -0.39 is 32.6 Å². The first-order valence-corrected chi connectivity index (χ1v) is 10.9. The molecule has 0 aliphatic rings. The normalized spacial score (nSPS) is 11.5. The zero-order valence-corrected chi connectivity index (χ0v) is 18.3. The second-order valence-electron chi connectivity index (χ2n) is 6.67. The highest BCUT2D eigenvalue weighted by Gasteiger charge is 2.37. The molecule has 3 rings (SSSR count). The largest absolute Gasteiger partial charge is 0.494 e. The Balaban J connectivity index is 1.99. The number of nitrogens with one attached hydrogen (secondary N) is 2. The van der Waals surface area contributed by atoms with E-state index in [-0.39, 0.29) is 22.9 Å². The number of benzene rings is 3. The third kappa shape index (κ3) is 5.37. The van der Waals surface area contributed by atoms with E-state index in [1.165, 1.54) is 32.4 Å². The van der Waals surface area contributed by atoms with Gasteiger partial charge in [0.1, 0.15) is 11.5 Å². The Morgan fingerprint density at radius 2 is 1.39 bits per heavy atom. The van der Waals surface area contributed by atoms with Gasteiger partial charge in [-0.3, -0.25) is 9.52 Å². The molecule has 1 amide bonds. The van der Waals surface area contributed by atoms with Crippen LogP contribution >= 0.6 is 0 Å². The van der Waals surface area contributed by atoms with Crippen molar-refractivity contribution in [3.63, 3.8) is 0 Å². The first-order chi connectivity index (χ1) is 15.6. The van der Waals surface area contributed by atoms with Crippen molar-refractivity contribution in [3.05, 3.63) is 77.9 Å². The summed E-state index contributed by atoms with van der Waals surface area (Å²) in [5.41, 5.74) is -0.951. The minimum absolute atomic E-state index is 0.0489. The number of carbonyl (C=O) groups excluding carboxylic acids is 1. The SMILES string of the molecule is COc1cc(NS(=O)(=O)c2ccccc2C(F)(F)F)c(OC)cc1NC(=O)c1ccccc1. The zero-order valence-electron chi connectivity index (χ0n) is 17.4. The monoisotopic (exact) mass is 480 g/mol. The lowest BCUT2D eigenvalue weighted by Gasteiger charge is -2.18. The maximum atomic E-state index is 13.3. The molecule has 0 aliphatic heterocycles. The average Bonchev–Trinajstić information content (AvgIpc) is 2.79. The Morgan fingerprint density at radius 1 is 0.848 bits per heavy atom. The summed E-state index contributed by atoms with van der Waals surface area (Å²) in [5.74, 6) is -0.447. The lowest BCUT2D eigenvalue weighted by molar-refractivity contribution is -0.139. The van der Waals surface area contributed by atoms with Gasteiger partial charge >= 0.3 is 6.18 Å². The Kier molecular flexibility index (Phi) is 6.82. The van der Waals surface area contributed by atoms with Crippen molar-refractivity contribution in [2.75, 3.05) is 24.3 Å². The molecule has 174 valence electrons. The number of ether oxygens (including phenoxy) is 2. The number of anilines is 2. The number of carbonyl (C=O) groups is 1. The molecule has 0 radical (unpaired) electrons. The van der Waals surface area contributed by atoms with Crippen LogP contribution in [-0.4, -0.2) is 28.5 Å². The third-order valence-electron chi connectivity index (χ3n) is 4.53. The van der Waals surface area contributed by atoms with Gasteiger partial charge < -0.3 is 14.8 Å². The molecule has 0 atom stereocenters. The van der Waals surface area contributed by atoms with E-state index in [2.05, 4.69) is 10.0 Å². The molecular formula is C22H19F3N2O5S. The van der Waals surface area contributed by atoms with E-state index in [4.69, 9.17) is 9.47 Å². The van der Waals surface area contributed by atoms with Gasteiger partial charge in [0.25, 0.3) is 15.9 Å². The lowest BCUT2D eigenvalue weighted by atomic mass is 10.2. The fourth-order valence-electron chi connectivity index (χ4n) is 2.99. The van der Waals surface area contributed by atoms with Gasteiger partial charge in [-0.15, -0.1) is 0 Å². The molecule has 33 heavy (non-hydrogen) atoms. The van der Waals surface area contributed by atoms with Gasteiger partial charge in [-0.1, -0.05) is 30.3 Å². The van der Waals surface area contributed by atoms with Gasteiger partial charge in [0.15, 0.2) is 0 Å². The number of halogens is 3. The van der Waals surface area contributed by atoms with E-state index >= 15 is 0 Å². The standard InChI is InChI=1S/C22H19F3N2O5S/c1-31-18-13-17(27-33(29,30)20-11-7-6-10-15(20)22(23,24)25)19(32-2)12-16(18)26-21(28)14-8-4-3-5-9-14/h3-13,27H,1-2H3,(H,26,28). The molecule has 0 aliphatic carbocycles. The molecule has 0 unspecified atom stereocenters. The number of hydrogen-bond acceptors (Lipinski definition) is 5. The maximum Gasteiger partial charge on any atom is 0.417 e. The maximum absolute atomic E-state index is 13.3. The number of alkyl halides is 3. The van der Waals surface area contributed by atoms with Gasteiger partial charge in [0.05, 0.1) is 36.1 Å². The summed E-state index contributed by atoms with van der Waals surface area (Å²) in [6.45, 7) is 0. The number of methoxy groups -OCH3 is 2. The molecule has 11 heteroatoms. The molecule has 3 aromatic rings. The van der Waals surface area contributed by atoms with Gasteiger partial charge in [-0.25, -0.2) is 8.42 Å². The van der Waals surface area contributed by atoms with Crippen molar-refractivity contribution in [2.45, 2.75) is 11.1 Å². The van der Waals surface area contributed by atoms with Crippen molar-refractivity contribution in [1.82, 2.24) is 0 Å². The van der Waals surface area contributed by atoms with Crippen molar-refractivity contribution in [3.8, 4) is 11.5 Å². The molecule has 0 heterocycles. The minimum atomic E-state index is -4.88. The van der Waals surface area contributed by atoms with E-state index in [9.17, 15) is 26.4 Å². The molecule has 7 nitrogen and oxygen atoms in total. The molecule has 0 bridgehead atoms. The van der Waals surface area contributed by atoms with Crippen LogP contribution in [0.4, 0.5) is 24.5 Å². The molecule has 2 N–H and O–H groups in total. The van der Waals surface area contributed by atoms with E-state index in [0.717, 1.165) is 12.1 Å². The predicted molar refractivity (Wildman–Crippen MR) is 116 cm³/mol. The summed E-state index contributed by atoms with van der Waals surface area (Å²) in [6.07, 6.45) is -4.88. The lowest BCUT2D eigenvalue weighted by Crippen LogP contribution is -2.19. The Bertz CT molecular complexity index is 1260. The van der Waals surface area contributed by atoms with Crippen LogP contribution in [0.3, 0.4) is 0 Å². The average molecular weight is 480 g/mol. The highest BCUT2D eigenvalue weighted by Crippen LogP contribution is 2.39. The van der Waals surface area contributed by atoms with Gasteiger partial charge in [-0.05, 0) is 24.3 Å². The van der Waals surface area contributed by atoms with Crippen molar-refractivity contribution < 1.29 is 35.9 Å². The number of rotatable bonds is 7. The van der Waals surface area contributed by atoms with Crippen LogP contribution in [0.25, 0.3) is 0 Å². The molecule has 0 saturated carbocycles. The van der Waals surface area contributed by atoms with Gasteiger partial charge in [-0.2, -0.15) is 13.2 Å². The smallest absolute Gasteiger partial charge is 0.417 e. The molecule has 0 aromatic heterocycles. The Morgan fingerprint density at radius 3 is 2.00 bits per heavy atom. The number of hydrogen-bond donors (Lipinski definition) is 2. The van der Waals surface area contributed by atoms with E-state index in [0.29, 0.717) is 11.6 Å². The molecular weight excluding hydrogens is 461 g/mol. The van der Waals surface area contributed by atoms with Gasteiger partial charge in [0, 0.05) is 17.7 Å². The molecule has 0 fully saturated rings. The summed E-state index contributed by atoms with van der Waals surface area (Å²) in [7, 11) is -2.13. The van der Waals surface area contributed by atoms with Crippen LogP contribution < -0.4 is 19.5 Å². The Labute approximate surface area is 188 Å². The summed E-state index contributed by atoms with van der Waals surface area (Å²) >= 11 is 0. The third-order valence-corrected chi connectivity index (χ3v) is 5.96. The van der Waals surface area contributed by atoms with Crippen LogP contribution in [0.2, 0.25) is 0 Å². The summed E-state index contributed by atoms with van der Waals surface area (Å²) < 4.78 is 78.1. The first kappa shape index (κ1) is 23.9. The second kappa shape index (κ2) is 9.41. The summed E-state index contributed by atoms with van der Waals surface area (Å²) in [5, 5.41) is 2.63. The van der Waals surface area contributed by atoms with Crippen molar-refractivity contribution in [2.24, 2.45) is 0 Å². The highest BCUT2D eigenvalue weighted by atomic mass is 32.2. The minimum Gasteiger partial charge on any atom is -0.494 e. The van der Waals surface area contributed by atoms with Crippen molar-refractivity contribution in [1.29, 1.82) is 0 Å². The molecule has 0 spiro atoms. The molecule has 0 saturated heterocycles. The van der Waals surface area contributed by atoms with Crippen LogP contribution in [0.5, 0.6) is 11.5 Å². The fraction of sp³-hybridized carbons (Fsp3) is 0.136. The topological polar surface area (TPSA) is 93.7 Å². The summed E-state index contributed by atoms with van der Waals surface area (Å²) in [6, 6.07) is 14.6. The predicted octanol–water partition coefficient (Wildman–Crippen LogP) is 4.78. The van der Waals surface area contributed by atoms with Crippen LogP contribution in [-0.2, 0) is 16.2 Å². The Hall–Kier alpha value is -3.73. The number of amides is 1. The van der Waals surface area contributed by atoms with Gasteiger partial charge in [0.2, 0.25) is 0 Å². The highest BCUT2D eigenvalue weighted by molar-refractivity contribution is 7.92. The van der Waals surface area contributed by atoms with Crippen LogP contribution in [0.1, 0.15) is 15.9 Å². The quantitative estimate of drug-likeness (QED) is 0.508. The first-order valence-electron chi connectivity index (χ1n) is 9.38. The van der Waals surface area contributed by atoms with Crippen LogP contribution in [0.15, 0.2) is 71.6 Å². The van der Waals surface area contributed by atoms with E-state index in [1.807, 2.05) is 0 Å². The second-order valence-corrected chi connectivity index (χ2v) is 8.32. The number of sulfonamides is 1. The van der Waals surface area contributed by atoms with Crippen molar-refractivity contribution >= 4 is 27.3 Å². The fourth-order valence-corrected chi connectivity index (χ4v) is 4.28.